The van der Waals surface area contributed by atoms with Crippen molar-refractivity contribution < 1.29 is 27.5 Å². The second-order valence-electron chi connectivity index (χ2n) is 8.25. The van der Waals surface area contributed by atoms with Crippen LogP contribution in [0, 0.1) is 0 Å². The zero-order chi connectivity index (χ0) is 26.6. The number of methoxy groups -OCH3 is 1. The average Bonchev–Trinajstić information content (AvgIpc) is 2.90. The molecule has 0 aliphatic heterocycles. The molecule has 37 heavy (non-hydrogen) atoms. The number of aromatic nitrogens is 1. The van der Waals surface area contributed by atoms with Crippen molar-refractivity contribution in [3.05, 3.63) is 106 Å². The Morgan fingerprint density at radius 2 is 1.49 bits per heavy atom. The number of anilines is 1. The van der Waals surface area contributed by atoms with Gasteiger partial charge in [0.25, 0.3) is 5.56 Å². The largest absolute Gasteiger partial charge is 0.464 e. The highest BCUT2D eigenvalue weighted by Crippen LogP contribution is 2.27. The van der Waals surface area contributed by atoms with Gasteiger partial charge in [0.2, 0.25) is 0 Å². The van der Waals surface area contributed by atoms with Crippen LogP contribution in [0.25, 0.3) is 10.8 Å². The van der Waals surface area contributed by atoms with Gasteiger partial charge in [0.15, 0.2) is 15.5 Å². The van der Waals surface area contributed by atoms with Crippen LogP contribution in [-0.4, -0.2) is 38.4 Å². The van der Waals surface area contributed by atoms with Gasteiger partial charge in [-0.25, -0.2) is 18.0 Å². The summed E-state index contributed by atoms with van der Waals surface area (Å²) < 4.78 is 35.1. The van der Waals surface area contributed by atoms with Crippen molar-refractivity contribution in [3.63, 3.8) is 0 Å². The van der Waals surface area contributed by atoms with Gasteiger partial charge < -0.3 is 9.47 Å². The first-order valence-electron chi connectivity index (χ1n) is 11.2. The predicted octanol–water partition coefficient (Wildman–Crippen LogP) is 3.99. The van der Waals surface area contributed by atoms with E-state index in [-0.39, 0.29) is 34.8 Å². The summed E-state index contributed by atoms with van der Waals surface area (Å²) in [6.07, 6.45) is 0.280. The van der Waals surface area contributed by atoms with Crippen molar-refractivity contribution in [2.24, 2.45) is 0 Å². The Balaban J connectivity index is 1.78. The Morgan fingerprint density at radius 1 is 0.865 bits per heavy atom. The van der Waals surface area contributed by atoms with E-state index in [1.54, 1.807) is 48.5 Å². The minimum absolute atomic E-state index is 0.00445. The first kappa shape index (κ1) is 25.6. The Kier molecular flexibility index (Phi) is 7.40. The summed E-state index contributed by atoms with van der Waals surface area (Å²) in [5.74, 6) is -0.839. The number of sulfone groups is 1. The molecule has 1 N–H and O–H groups in total. The van der Waals surface area contributed by atoms with Gasteiger partial charge in [0, 0.05) is 17.0 Å². The van der Waals surface area contributed by atoms with Crippen LogP contribution in [0.1, 0.15) is 21.6 Å². The van der Waals surface area contributed by atoms with E-state index in [9.17, 15) is 22.8 Å². The monoisotopic (exact) mass is 520 g/mol. The maximum atomic E-state index is 13.5. The number of benzene rings is 3. The summed E-state index contributed by atoms with van der Waals surface area (Å²) in [4.78, 5) is 39.3. The number of fused-ring (bicyclic) bond motifs is 1. The quantitative estimate of drug-likeness (QED) is 0.366. The molecule has 0 saturated heterocycles. The Hall–Kier alpha value is -4.44. The standard InChI is InChI=1S/C27H24N2O7S/c1-35-26(31)24-23(28-27(32)36-17-19-8-4-3-5-9-19)21-10-6-7-11-22(21)25(30)29(24)16-18-12-14-20(15-13-18)37(2,33)34/h3-15H,16-17H2,1-2H3,(H,28,32). The minimum atomic E-state index is -3.40. The minimum Gasteiger partial charge on any atom is -0.464 e. The molecule has 0 aliphatic carbocycles. The topological polar surface area (TPSA) is 121 Å². The lowest BCUT2D eigenvalue weighted by Crippen LogP contribution is -2.30. The fourth-order valence-electron chi connectivity index (χ4n) is 3.87. The Labute approximate surface area is 213 Å². The van der Waals surface area contributed by atoms with Gasteiger partial charge in [-0.05, 0) is 29.3 Å². The zero-order valence-electron chi connectivity index (χ0n) is 20.1. The third-order valence-corrected chi connectivity index (χ3v) is 6.82. The predicted molar refractivity (Wildman–Crippen MR) is 138 cm³/mol. The second kappa shape index (κ2) is 10.7. The number of amides is 1. The number of hydrogen-bond donors (Lipinski definition) is 1. The molecule has 3 aromatic carbocycles. The second-order valence-corrected chi connectivity index (χ2v) is 10.3. The molecule has 1 amide bonds. The maximum absolute atomic E-state index is 13.5. The Bertz CT molecular complexity index is 1630. The van der Waals surface area contributed by atoms with E-state index in [0.29, 0.717) is 10.9 Å². The fraction of sp³-hybridized carbons (Fsp3) is 0.148. The lowest BCUT2D eigenvalue weighted by molar-refractivity contribution is 0.0589. The van der Waals surface area contributed by atoms with Gasteiger partial charge in [-0.15, -0.1) is 0 Å². The van der Waals surface area contributed by atoms with Crippen molar-refractivity contribution in [1.82, 2.24) is 4.57 Å². The highest BCUT2D eigenvalue weighted by molar-refractivity contribution is 7.90. The van der Waals surface area contributed by atoms with Crippen molar-refractivity contribution >= 4 is 38.4 Å². The molecule has 4 aromatic rings. The van der Waals surface area contributed by atoms with E-state index < -0.39 is 27.5 Å². The van der Waals surface area contributed by atoms with Crippen LogP contribution in [0.2, 0.25) is 0 Å². The molecule has 9 nitrogen and oxygen atoms in total. The summed E-state index contributed by atoms with van der Waals surface area (Å²) in [5.41, 5.74) is 0.750. The molecule has 0 saturated carbocycles. The van der Waals surface area contributed by atoms with Crippen LogP contribution in [0.4, 0.5) is 10.5 Å². The summed E-state index contributed by atoms with van der Waals surface area (Å²) in [7, 11) is -2.23. The highest BCUT2D eigenvalue weighted by Gasteiger charge is 2.25. The number of carbonyl (C=O) groups is 2. The lowest BCUT2D eigenvalue weighted by atomic mass is 10.1. The smallest absolute Gasteiger partial charge is 0.412 e. The van der Waals surface area contributed by atoms with Crippen molar-refractivity contribution in [3.8, 4) is 0 Å². The molecule has 190 valence electrons. The number of carbonyl (C=O) groups excluding carboxylic acids is 2. The number of nitrogens with one attached hydrogen (secondary N) is 1. The molecule has 10 heteroatoms. The summed E-state index contributed by atoms with van der Waals surface area (Å²) in [5, 5.41) is 3.23. The maximum Gasteiger partial charge on any atom is 0.412 e. The summed E-state index contributed by atoms with van der Waals surface area (Å²) in [6.45, 7) is -0.0730. The van der Waals surface area contributed by atoms with E-state index in [4.69, 9.17) is 9.47 Å². The van der Waals surface area contributed by atoms with Crippen LogP contribution < -0.4 is 10.9 Å². The van der Waals surface area contributed by atoms with Crippen molar-refractivity contribution in [2.45, 2.75) is 18.0 Å². The van der Waals surface area contributed by atoms with Gasteiger partial charge in [0.1, 0.15) is 6.61 Å². The third-order valence-electron chi connectivity index (χ3n) is 5.69. The molecule has 4 rings (SSSR count). The van der Waals surface area contributed by atoms with Gasteiger partial charge in [-0.1, -0.05) is 60.7 Å². The van der Waals surface area contributed by atoms with E-state index in [0.717, 1.165) is 11.8 Å². The summed E-state index contributed by atoms with van der Waals surface area (Å²) >= 11 is 0. The van der Waals surface area contributed by atoms with Crippen LogP contribution in [0.15, 0.2) is 88.6 Å². The molecule has 0 bridgehead atoms. The van der Waals surface area contributed by atoms with Crippen molar-refractivity contribution in [1.29, 1.82) is 0 Å². The van der Waals surface area contributed by atoms with E-state index >= 15 is 0 Å². The van der Waals surface area contributed by atoms with Crippen LogP contribution >= 0.6 is 0 Å². The molecule has 0 spiro atoms. The zero-order valence-corrected chi connectivity index (χ0v) is 20.9. The molecule has 1 heterocycles. The highest BCUT2D eigenvalue weighted by atomic mass is 32.2. The average molecular weight is 521 g/mol. The van der Waals surface area contributed by atoms with Gasteiger partial charge in [-0.3, -0.25) is 14.7 Å². The number of pyridine rings is 1. The molecule has 1 aromatic heterocycles. The Morgan fingerprint density at radius 3 is 2.11 bits per heavy atom. The van der Waals surface area contributed by atoms with Gasteiger partial charge in [-0.2, -0.15) is 0 Å². The molecule has 0 radical (unpaired) electrons. The number of esters is 1. The van der Waals surface area contributed by atoms with E-state index in [1.165, 1.54) is 23.8 Å². The SMILES string of the molecule is COC(=O)c1c(NC(=O)OCc2ccccc2)c2ccccc2c(=O)n1Cc1ccc(S(C)(=O)=O)cc1. The van der Waals surface area contributed by atoms with Crippen LogP contribution in [0.5, 0.6) is 0 Å². The molecule has 0 unspecified atom stereocenters. The molecule has 0 fully saturated rings. The van der Waals surface area contributed by atoms with Gasteiger partial charge >= 0.3 is 12.1 Å². The molecule has 0 atom stereocenters. The number of ether oxygens (including phenoxy) is 2. The van der Waals surface area contributed by atoms with E-state index in [2.05, 4.69) is 5.32 Å². The molecule has 0 aliphatic rings. The number of rotatable bonds is 7. The first-order chi connectivity index (χ1) is 17.7. The third kappa shape index (κ3) is 5.70. The van der Waals surface area contributed by atoms with E-state index in [1.807, 2.05) is 18.2 Å². The van der Waals surface area contributed by atoms with Crippen LogP contribution in [0.3, 0.4) is 0 Å². The van der Waals surface area contributed by atoms with Gasteiger partial charge in [0.05, 0.1) is 24.2 Å². The number of nitrogens with zero attached hydrogens (tertiary/aromatic N) is 1. The fourth-order valence-corrected chi connectivity index (χ4v) is 4.50. The first-order valence-corrected chi connectivity index (χ1v) is 13.1. The molecular weight excluding hydrogens is 496 g/mol. The van der Waals surface area contributed by atoms with Crippen molar-refractivity contribution in [2.75, 3.05) is 18.7 Å². The molecular formula is C27H24N2O7S. The summed E-state index contributed by atoms with van der Waals surface area (Å²) in [6, 6.07) is 21.6. The van der Waals surface area contributed by atoms with Crippen LogP contribution in [-0.2, 0) is 32.5 Å². The lowest BCUT2D eigenvalue weighted by Gasteiger charge is -2.19. The number of hydrogen-bond acceptors (Lipinski definition) is 7. The normalized spacial score (nSPS) is 11.2.